The molecule has 2 amide bonds. The molecule has 1 aliphatic rings. The van der Waals surface area contributed by atoms with Crippen LogP contribution >= 0.6 is 0 Å². The second-order valence-corrected chi connectivity index (χ2v) is 6.65. The average Bonchev–Trinajstić information content (AvgIpc) is 2.63. The predicted molar refractivity (Wildman–Crippen MR) is 99.8 cm³/mol. The van der Waals surface area contributed by atoms with Crippen molar-refractivity contribution in [2.75, 3.05) is 18.4 Å². The van der Waals surface area contributed by atoms with Crippen LogP contribution in [0.5, 0.6) is 0 Å². The Balaban J connectivity index is 1.83. The minimum absolute atomic E-state index is 0.0470. The zero-order chi connectivity index (χ0) is 19.6. The van der Waals surface area contributed by atoms with Gasteiger partial charge in [0.15, 0.2) is 0 Å². The summed E-state index contributed by atoms with van der Waals surface area (Å²) in [5.41, 5.74) is 0.581. The normalized spacial score (nSPS) is 19.6. The Kier molecular flexibility index (Phi) is 5.36. The number of nitrogens with zero attached hydrogens (tertiary/aromatic N) is 3. The number of para-hydroxylation sites is 1. The molecule has 2 atom stereocenters. The number of morpholine rings is 1. The number of anilines is 1. The van der Waals surface area contributed by atoms with E-state index in [0.29, 0.717) is 24.3 Å². The molecule has 1 fully saturated rings. The third kappa shape index (κ3) is 4.22. The SMILES string of the molecule is C[C@H]1CN(C(=O)c2ccccc2NC(=O)c2ccc(=O)n(C)n2)C[C@H](C)O1. The zero-order valence-corrected chi connectivity index (χ0v) is 15.5. The molecule has 3 rings (SSSR count). The van der Waals surface area contributed by atoms with Gasteiger partial charge in [-0.3, -0.25) is 14.4 Å². The van der Waals surface area contributed by atoms with Crippen LogP contribution in [-0.4, -0.2) is 51.8 Å². The van der Waals surface area contributed by atoms with Crippen molar-refractivity contribution in [1.29, 1.82) is 0 Å². The second kappa shape index (κ2) is 7.71. The van der Waals surface area contributed by atoms with Gasteiger partial charge in [-0.25, -0.2) is 4.68 Å². The minimum Gasteiger partial charge on any atom is -0.372 e. The third-order valence-corrected chi connectivity index (χ3v) is 4.31. The van der Waals surface area contributed by atoms with Gasteiger partial charge in [0.05, 0.1) is 23.5 Å². The Labute approximate surface area is 156 Å². The van der Waals surface area contributed by atoms with E-state index in [9.17, 15) is 14.4 Å². The van der Waals surface area contributed by atoms with Crippen molar-refractivity contribution in [3.8, 4) is 0 Å². The maximum absolute atomic E-state index is 13.0. The Morgan fingerprint density at radius 1 is 1.11 bits per heavy atom. The van der Waals surface area contributed by atoms with Crippen LogP contribution in [0, 0.1) is 0 Å². The highest BCUT2D eigenvalue weighted by atomic mass is 16.5. The molecule has 1 saturated heterocycles. The van der Waals surface area contributed by atoms with Crippen molar-refractivity contribution in [2.45, 2.75) is 26.1 Å². The number of hydrogen-bond acceptors (Lipinski definition) is 5. The number of rotatable bonds is 3. The fraction of sp³-hybridized carbons (Fsp3) is 0.368. The van der Waals surface area contributed by atoms with Crippen LogP contribution in [-0.2, 0) is 11.8 Å². The summed E-state index contributed by atoms with van der Waals surface area (Å²) in [6.45, 7) is 4.84. The van der Waals surface area contributed by atoms with Crippen molar-refractivity contribution in [3.63, 3.8) is 0 Å². The summed E-state index contributed by atoms with van der Waals surface area (Å²) in [6.07, 6.45) is -0.0940. The topological polar surface area (TPSA) is 93.5 Å². The lowest BCUT2D eigenvalue weighted by Crippen LogP contribution is -2.48. The molecular weight excluding hydrogens is 348 g/mol. The van der Waals surface area contributed by atoms with Crippen LogP contribution < -0.4 is 10.9 Å². The van der Waals surface area contributed by atoms with E-state index in [1.165, 1.54) is 19.2 Å². The highest BCUT2D eigenvalue weighted by molar-refractivity contribution is 6.08. The zero-order valence-electron chi connectivity index (χ0n) is 15.5. The first-order valence-corrected chi connectivity index (χ1v) is 8.74. The van der Waals surface area contributed by atoms with Crippen molar-refractivity contribution < 1.29 is 14.3 Å². The van der Waals surface area contributed by atoms with Gasteiger partial charge in [-0.1, -0.05) is 12.1 Å². The quantitative estimate of drug-likeness (QED) is 0.879. The molecule has 1 N–H and O–H groups in total. The monoisotopic (exact) mass is 370 g/mol. The van der Waals surface area contributed by atoms with Crippen LogP contribution in [0.25, 0.3) is 0 Å². The third-order valence-electron chi connectivity index (χ3n) is 4.31. The molecular formula is C19H22N4O4. The molecule has 1 aliphatic heterocycles. The van der Waals surface area contributed by atoms with Gasteiger partial charge in [0.2, 0.25) is 0 Å². The number of aromatic nitrogens is 2. The van der Waals surface area contributed by atoms with Gasteiger partial charge >= 0.3 is 0 Å². The summed E-state index contributed by atoms with van der Waals surface area (Å²) in [7, 11) is 1.47. The first-order chi connectivity index (χ1) is 12.8. The number of benzene rings is 1. The maximum atomic E-state index is 13.0. The number of carbonyl (C=O) groups is 2. The van der Waals surface area contributed by atoms with Gasteiger partial charge in [0.25, 0.3) is 17.4 Å². The molecule has 2 heterocycles. The smallest absolute Gasteiger partial charge is 0.276 e. The molecule has 0 spiro atoms. The molecule has 1 aromatic heterocycles. The number of ether oxygens (including phenoxy) is 1. The Bertz CT molecular complexity index is 914. The van der Waals surface area contributed by atoms with Gasteiger partial charge in [-0.15, -0.1) is 0 Å². The summed E-state index contributed by atoms with van der Waals surface area (Å²) >= 11 is 0. The van der Waals surface area contributed by atoms with Crippen molar-refractivity contribution in [3.05, 3.63) is 58.0 Å². The van der Waals surface area contributed by atoms with Crippen molar-refractivity contribution in [1.82, 2.24) is 14.7 Å². The van der Waals surface area contributed by atoms with E-state index in [4.69, 9.17) is 4.74 Å². The highest BCUT2D eigenvalue weighted by Crippen LogP contribution is 2.21. The van der Waals surface area contributed by atoms with Gasteiger partial charge in [0.1, 0.15) is 5.69 Å². The molecule has 2 aromatic rings. The summed E-state index contributed by atoms with van der Waals surface area (Å²) in [4.78, 5) is 38.6. The molecule has 8 heteroatoms. The van der Waals surface area contributed by atoms with Gasteiger partial charge < -0.3 is 15.0 Å². The first kappa shape index (κ1) is 18.8. The molecule has 27 heavy (non-hydrogen) atoms. The van der Waals surface area contributed by atoms with Crippen molar-refractivity contribution >= 4 is 17.5 Å². The molecule has 0 bridgehead atoms. The Hall–Kier alpha value is -3.00. The molecule has 0 radical (unpaired) electrons. The molecule has 0 saturated carbocycles. The van der Waals surface area contributed by atoms with Crippen molar-refractivity contribution in [2.24, 2.45) is 7.05 Å². The van der Waals surface area contributed by atoms with Gasteiger partial charge in [-0.05, 0) is 32.0 Å². The van der Waals surface area contributed by atoms with Gasteiger partial charge in [-0.2, -0.15) is 5.10 Å². The van der Waals surface area contributed by atoms with Crippen LogP contribution in [0.15, 0.2) is 41.2 Å². The lowest BCUT2D eigenvalue weighted by Gasteiger charge is -2.35. The van der Waals surface area contributed by atoms with E-state index >= 15 is 0 Å². The Morgan fingerprint density at radius 3 is 2.44 bits per heavy atom. The molecule has 142 valence electrons. The largest absolute Gasteiger partial charge is 0.372 e. The maximum Gasteiger partial charge on any atom is 0.276 e. The standard InChI is InChI=1S/C19H22N4O4/c1-12-10-23(11-13(2)27-12)19(26)14-6-4-5-7-15(14)20-18(25)16-8-9-17(24)22(3)21-16/h4-9,12-13H,10-11H2,1-3H3,(H,20,25)/t12-,13-/m0/s1. The number of hydrogen-bond donors (Lipinski definition) is 1. The van der Waals surface area contributed by atoms with E-state index in [2.05, 4.69) is 10.4 Å². The molecule has 0 aliphatic carbocycles. The second-order valence-electron chi connectivity index (χ2n) is 6.65. The lowest BCUT2D eigenvalue weighted by atomic mass is 10.1. The van der Waals surface area contributed by atoms with Crippen LogP contribution in [0.3, 0.4) is 0 Å². The fourth-order valence-corrected chi connectivity index (χ4v) is 3.10. The van der Waals surface area contributed by atoms with E-state index < -0.39 is 5.91 Å². The van der Waals surface area contributed by atoms with Crippen LogP contribution in [0.2, 0.25) is 0 Å². The van der Waals surface area contributed by atoms with E-state index in [0.717, 1.165) is 4.68 Å². The van der Waals surface area contributed by atoms with E-state index in [1.54, 1.807) is 29.2 Å². The van der Waals surface area contributed by atoms with Crippen LogP contribution in [0.4, 0.5) is 5.69 Å². The average molecular weight is 370 g/mol. The number of aryl methyl sites for hydroxylation is 1. The first-order valence-electron chi connectivity index (χ1n) is 8.74. The minimum atomic E-state index is -0.491. The Morgan fingerprint density at radius 2 is 1.78 bits per heavy atom. The molecule has 8 nitrogen and oxygen atoms in total. The molecule has 1 aromatic carbocycles. The predicted octanol–water partition coefficient (Wildman–Crippen LogP) is 1.28. The van der Waals surface area contributed by atoms with Gasteiger partial charge in [0, 0.05) is 26.2 Å². The van der Waals surface area contributed by atoms with Crippen LogP contribution in [0.1, 0.15) is 34.7 Å². The summed E-state index contributed by atoms with van der Waals surface area (Å²) in [5, 5.41) is 6.65. The summed E-state index contributed by atoms with van der Waals surface area (Å²) in [6, 6.07) is 9.46. The number of nitrogens with one attached hydrogen (secondary N) is 1. The van der Waals surface area contributed by atoms with E-state index in [-0.39, 0.29) is 29.4 Å². The molecule has 0 unspecified atom stereocenters. The van der Waals surface area contributed by atoms with E-state index in [1.807, 2.05) is 13.8 Å². The summed E-state index contributed by atoms with van der Waals surface area (Å²) < 4.78 is 6.76. The fourth-order valence-electron chi connectivity index (χ4n) is 3.10. The number of amides is 2. The number of carbonyl (C=O) groups excluding carboxylic acids is 2. The highest BCUT2D eigenvalue weighted by Gasteiger charge is 2.28. The lowest BCUT2D eigenvalue weighted by molar-refractivity contribution is -0.0585. The summed E-state index contributed by atoms with van der Waals surface area (Å²) in [5.74, 6) is -0.657.